The van der Waals surface area contributed by atoms with E-state index >= 15 is 0 Å². The first-order valence-corrected chi connectivity index (χ1v) is 10.3. The lowest BCUT2D eigenvalue weighted by Crippen LogP contribution is -2.37. The zero-order valence-electron chi connectivity index (χ0n) is 16.9. The van der Waals surface area contributed by atoms with Crippen LogP contribution in [-0.4, -0.2) is 12.1 Å². The highest BCUT2D eigenvalue weighted by molar-refractivity contribution is 6.35. The molecule has 1 heterocycles. The first-order valence-electron chi connectivity index (χ1n) is 9.59. The van der Waals surface area contributed by atoms with E-state index in [-0.39, 0.29) is 28.3 Å². The van der Waals surface area contributed by atoms with Crippen LogP contribution in [0.2, 0.25) is 10.0 Å². The third kappa shape index (κ3) is 4.18. The van der Waals surface area contributed by atoms with Gasteiger partial charge in [0.05, 0.1) is 10.6 Å². The van der Waals surface area contributed by atoms with Crippen LogP contribution in [0.3, 0.4) is 0 Å². The summed E-state index contributed by atoms with van der Waals surface area (Å²) in [6.07, 6.45) is -0.816. The predicted octanol–water partition coefficient (Wildman–Crippen LogP) is 6.44. The maximum absolute atomic E-state index is 14.7. The molecule has 1 aliphatic heterocycles. The molecule has 1 amide bonds. The van der Waals surface area contributed by atoms with E-state index in [9.17, 15) is 13.6 Å². The van der Waals surface area contributed by atoms with Crippen LogP contribution in [0, 0.1) is 11.6 Å². The average Bonchev–Trinajstić information content (AvgIpc) is 3.07. The Kier molecular flexibility index (Phi) is 5.88. The monoisotopic (exact) mass is 479 g/mol. The van der Waals surface area contributed by atoms with Gasteiger partial charge < -0.3 is 19.5 Å². The molecule has 32 heavy (non-hydrogen) atoms. The molecule has 0 radical (unpaired) electrons. The molecule has 4 rings (SSSR count). The Balaban J connectivity index is 1.78. The highest BCUT2D eigenvalue weighted by atomic mass is 35.5. The van der Waals surface area contributed by atoms with Gasteiger partial charge in [-0.25, -0.2) is 13.6 Å². The summed E-state index contributed by atoms with van der Waals surface area (Å²) in [7, 11) is 0. The van der Waals surface area contributed by atoms with Crippen LogP contribution in [0.4, 0.5) is 13.6 Å². The van der Waals surface area contributed by atoms with Gasteiger partial charge in [-0.15, -0.1) is 0 Å². The first kappa shape index (κ1) is 22.2. The molecule has 0 fully saturated rings. The number of amides is 1. The lowest BCUT2D eigenvalue weighted by Gasteiger charge is -2.29. The van der Waals surface area contributed by atoms with Gasteiger partial charge in [0.2, 0.25) is 0 Å². The Morgan fingerprint density at radius 2 is 1.66 bits per heavy atom. The second-order valence-electron chi connectivity index (χ2n) is 7.37. The molecule has 0 aliphatic carbocycles. The van der Waals surface area contributed by atoms with Crippen molar-refractivity contribution in [2.75, 3.05) is 0 Å². The van der Waals surface area contributed by atoms with Crippen molar-refractivity contribution in [2.24, 2.45) is 0 Å². The van der Waals surface area contributed by atoms with E-state index in [1.54, 1.807) is 26.0 Å². The number of carbonyl (C=O) groups is 1. The van der Waals surface area contributed by atoms with Crippen molar-refractivity contribution in [3.8, 4) is 17.2 Å². The third-order valence-electron chi connectivity index (χ3n) is 4.62. The van der Waals surface area contributed by atoms with Crippen molar-refractivity contribution in [1.29, 1.82) is 0 Å². The third-order valence-corrected chi connectivity index (χ3v) is 5.17. The summed E-state index contributed by atoms with van der Waals surface area (Å²) in [4.78, 5) is 11.9. The Labute approximate surface area is 192 Å². The van der Waals surface area contributed by atoms with Crippen molar-refractivity contribution in [2.45, 2.75) is 25.7 Å². The molecule has 3 aromatic carbocycles. The maximum atomic E-state index is 14.7. The lowest BCUT2D eigenvalue weighted by atomic mass is 9.97. The number of halogens is 4. The van der Waals surface area contributed by atoms with Crippen molar-refractivity contribution >= 4 is 29.3 Å². The van der Waals surface area contributed by atoms with E-state index in [2.05, 4.69) is 5.32 Å². The largest absolute Gasteiger partial charge is 0.440 e. The van der Waals surface area contributed by atoms with Crippen LogP contribution in [0.25, 0.3) is 0 Å². The summed E-state index contributed by atoms with van der Waals surface area (Å²) < 4.78 is 45.5. The van der Waals surface area contributed by atoms with E-state index in [1.807, 2.05) is 0 Å². The number of fused-ring (bicyclic) bond motifs is 1. The van der Waals surface area contributed by atoms with Crippen LogP contribution in [-0.2, 0) is 5.79 Å². The van der Waals surface area contributed by atoms with E-state index in [0.717, 1.165) is 6.07 Å². The number of nitrogens with one attached hydrogen (secondary N) is 1. The summed E-state index contributed by atoms with van der Waals surface area (Å²) in [5.41, 5.74) is 0.770. The molecular formula is C23H17Cl2F2NO4. The molecule has 0 spiro atoms. The molecule has 0 bridgehead atoms. The fourth-order valence-electron chi connectivity index (χ4n) is 3.26. The van der Waals surface area contributed by atoms with E-state index in [0.29, 0.717) is 16.1 Å². The quantitative estimate of drug-likeness (QED) is 0.467. The molecule has 9 heteroatoms. The highest BCUT2D eigenvalue weighted by Crippen LogP contribution is 2.51. The summed E-state index contributed by atoms with van der Waals surface area (Å²) in [6.45, 7) is 3.48. The van der Waals surface area contributed by atoms with E-state index in [1.165, 1.54) is 36.4 Å². The molecule has 0 aromatic heterocycles. The molecule has 1 unspecified atom stereocenters. The van der Waals surface area contributed by atoms with Gasteiger partial charge in [0.1, 0.15) is 5.82 Å². The second-order valence-corrected chi connectivity index (χ2v) is 8.21. The van der Waals surface area contributed by atoms with Gasteiger partial charge in [0.15, 0.2) is 23.1 Å². The minimum absolute atomic E-state index is 0.0504. The first-order chi connectivity index (χ1) is 15.2. The van der Waals surface area contributed by atoms with Gasteiger partial charge in [0, 0.05) is 28.8 Å². The van der Waals surface area contributed by atoms with Crippen LogP contribution in [0.5, 0.6) is 17.2 Å². The van der Waals surface area contributed by atoms with E-state index < -0.39 is 23.5 Å². The summed E-state index contributed by atoms with van der Waals surface area (Å²) >= 11 is 12.5. The van der Waals surface area contributed by atoms with Gasteiger partial charge in [-0.3, -0.25) is 0 Å². The number of hydrogen-bond donors (Lipinski definition) is 1. The fraction of sp³-hybridized carbons (Fsp3) is 0.174. The molecule has 0 saturated heterocycles. The molecule has 166 valence electrons. The lowest BCUT2D eigenvalue weighted by molar-refractivity contribution is -0.0459. The smallest absolute Gasteiger partial charge is 0.412 e. The molecule has 1 aliphatic rings. The van der Waals surface area contributed by atoms with Gasteiger partial charge >= 0.3 is 11.9 Å². The van der Waals surface area contributed by atoms with Crippen LogP contribution in [0.15, 0.2) is 54.6 Å². The predicted molar refractivity (Wildman–Crippen MR) is 116 cm³/mol. The number of carbonyl (C=O) groups excluding carboxylic acids is 1. The average molecular weight is 480 g/mol. The van der Waals surface area contributed by atoms with Gasteiger partial charge in [-0.05, 0) is 56.3 Å². The Hall–Kier alpha value is -3.03. The minimum atomic E-state index is -1.65. The molecular weight excluding hydrogens is 463 g/mol. The normalized spacial score (nSPS) is 16.8. The van der Waals surface area contributed by atoms with Crippen LogP contribution in [0.1, 0.15) is 25.0 Å². The van der Waals surface area contributed by atoms with Crippen molar-refractivity contribution in [1.82, 2.24) is 5.32 Å². The second kappa shape index (κ2) is 8.48. The summed E-state index contributed by atoms with van der Waals surface area (Å²) in [5, 5.41) is 3.12. The van der Waals surface area contributed by atoms with Crippen molar-refractivity contribution in [3.63, 3.8) is 0 Å². The summed E-state index contributed by atoms with van der Waals surface area (Å²) in [6, 6.07) is 12.2. The van der Waals surface area contributed by atoms with Gasteiger partial charge in [-0.2, -0.15) is 0 Å². The van der Waals surface area contributed by atoms with Crippen LogP contribution < -0.4 is 19.5 Å². The number of rotatable bonds is 4. The Bertz CT molecular complexity index is 1190. The molecule has 1 atom stereocenters. The number of hydrogen-bond acceptors (Lipinski definition) is 4. The van der Waals surface area contributed by atoms with Gasteiger partial charge in [0.25, 0.3) is 0 Å². The topological polar surface area (TPSA) is 56.8 Å². The van der Waals surface area contributed by atoms with Gasteiger partial charge in [-0.1, -0.05) is 23.2 Å². The number of benzene rings is 3. The highest BCUT2D eigenvalue weighted by Gasteiger charge is 2.47. The van der Waals surface area contributed by atoms with Crippen molar-refractivity contribution in [3.05, 3.63) is 87.4 Å². The van der Waals surface area contributed by atoms with Crippen LogP contribution >= 0.6 is 23.2 Å². The van der Waals surface area contributed by atoms with Crippen molar-refractivity contribution < 1.29 is 27.8 Å². The standard InChI is InChI=1S/C23H17Cl2F2NO4/c1-12(2)28-22(29)30-19-11-21-20(10-18(19)27)31-23(32-21,13-3-6-15(26)7-4-13)16-8-5-14(24)9-17(16)25/h3-12H,1-2H3,(H,28,29). The summed E-state index contributed by atoms with van der Waals surface area (Å²) in [5.74, 6) is -3.13. The molecule has 1 N–H and O–H groups in total. The fourth-order valence-corrected chi connectivity index (χ4v) is 3.79. The molecule has 5 nitrogen and oxygen atoms in total. The minimum Gasteiger partial charge on any atom is -0.440 e. The molecule has 3 aromatic rings. The Morgan fingerprint density at radius 3 is 2.28 bits per heavy atom. The zero-order valence-corrected chi connectivity index (χ0v) is 18.4. The number of ether oxygens (including phenoxy) is 3. The SMILES string of the molecule is CC(C)NC(=O)Oc1cc2c(cc1F)OC(c1ccc(F)cc1)(c1ccc(Cl)cc1Cl)O2. The zero-order chi connectivity index (χ0) is 23.0. The Morgan fingerprint density at radius 1 is 1.00 bits per heavy atom. The molecule has 0 saturated carbocycles. The maximum Gasteiger partial charge on any atom is 0.412 e. The van der Waals surface area contributed by atoms with E-state index in [4.69, 9.17) is 37.4 Å².